The lowest BCUT2D eigenvalue weighted by Crippen LogP contribution is -2.23. The van der Waals surface area contributed by atoms with Crippen LogP contribution in [-0.4, -0.2) is 28.3 Å². The van der Waals surface area contributed by atoms with Gasteiger partial charge in [0.1, 0.15) is 17.1 Å². The fourth-order valence-corrected chi connectivity index (χ4v) is 3.49. The van der Waals surface area contributed by atoms with Crippen LogP contribution < -0.4 is 5.23 Å². The summed E-state index contributed by atoms with van der Waals surface area (Å²) in [6.45, 7) is 3.75. The van der Waals surface area contributed by atoms with Gasteiger partial charge in [-0.1, -0.05) is 5.16 Å². The van der Waals surface area contributed by atoms with Gasteiger partial charge in [-0.05, 0) is 25.1 Å². The average molecular weight is 323 g/mol. The van der Waals surface area contributed by atoms with Crippen LogP contribution in [0.5, 0.6) is 0 Å². The van der Waals surface area contributed by atoms with Gasteiger partial charge in [-0.15, -0.1) is 0 Å². The van der Waals surface area contributed by atoms with E-state index in [9.17, 15) is 8.94 Å². The zero-order chi connectivity index (χ0) is 15.9. The molecule has 0 fully saturated rings. The van der Waals surface area contributed by atoms with E-state index in [4.69, 9.17) is 9.36 Å². The maximum absolute atomic E-state index is 13.9. The molecule has 1 aromatic heterocycles. The molecule has 6 nitrogen and oxygen atoms in total. The molecule has 1 aromatic carbocycles. The van der Waals surface area contributed by atoms with Gasteiger partial charge in [0.15, 0.2) is 11.3 Å². The summed E-state index contributed by atoms with van der Waals surface area (Å²) in [6.07, 6.45) is 0.494. The summed E-state index contributed by atoms with van der Waals surface area (Å²) in [5, 5.41) is 11.5. The van der Waals surface area contributed by atoms with E-state index < -0.39 is 22.6 Å². The number of halogens is 1. The van der Waals surface area contributed by atoms with Gasteiger partial charge in [0.25, 0.3) is 5.04 Å². The molecule has 0 amide bonds. The van der Waals surface area contributed by atoms with Crippen LogP contribution in [0.25, 0.3) is 11.0 Å². The van der Waals surface area contributed by atoms with Crippen molar-refractivity contribution < 1.29 is 18.3 Å². The first-order valence-corrected chi connectivity index (χ1v) is 8.10. The van der Waals surface area contributed by atoms with Crippen molar-refractivity contribution in [3.8, 4) is 0 Å². The summed E-state index contributed by atoms with van der Waals surface area (Å²) in [4.78, 5) is 5.21. The third-order valence-corrected chi connectivity index (χ3v) is 4.69. The van der Waals surface area contributed by atoms with E-state index in [0.717, 1.165) is 0 Å². The predicted molar refractivity (Wildman–Crippen MR) is 85.2 cm³/mol. The van der Waals surface area contributed by atoms with Crippen LogP contribution in [0, 0.1) is 5.82 Å². The number of fused-ring (bicyclic) bond motifs is 1. The van der Waals surface area contributed by atoms with Crippen molar-refractivity contribution in [1.82, 2.24) is 5.16 Å². The van der Waals surface area contributed by atoms with Crippen molar-refractivity contribution in [2.75, 3.05) is 5.23 Å². The molecule has 0 spiro atoms. The van der Waals surface area contributed by atoms with E-state index in [-0.39, 0.29) is 5.75 Å². The SMILES string of the molecule is BNc1cc2onc(C[S+]([O-])C3=NOC(C)(C)C3)c2cc1F. The van der Waals surface area contributed by atoms with E-state index in [2.05, 4.69) is 15.5 Å². The van der Waals surface area contributed by atoms with Crippen LogP contribution >= 0.6 is 0 Å². The number of nitrogens with one attached hydrogen (secondary N) is 1. The van der Waals surface area contributed by atoms with Crippen molar-refractivity contribution in [1.29, 1.82) is 0 Å². The van der Waals surface area contributed by atoms with Gasteiger partial charge in [-0.2, -0.15) is 0 Å². The largest absolute Gasteiger partial charge is 0.610 e. The molecule has 1 unspecified atom stereocenters. The lowest BCUT2D eigenvalue weighted by molar-refractivity contribution is 0.0123. The van der Waals surface area contributed by atoms with Crippen molar-refractivity contribution >= 4 is 40.9 Å². The monoisotopic (exact) mass is 323 g/mol. The van der Waals surface area contributed by atoms with Crippen LogP contribution in [0.3, 0.4) is 0 Å². The second kappa shape index (κ2) is 5.47. The molecule has 1 aliphatic heterocycles. The number of anilines is 1. The highest BCUT2D eigenvalue weighted by Gasteiger charge is 2.36. The Labute approximate surface area is 130 Å². The van der Waals surface area contributed by atoms with Crippen LogP contribution in [0.1, 0.15) is 26.0 Å². The van der Waals surface area contributed by atoms with E-state index in [1.54, 1.807) is 7.98 Å². The number of benzene rings is 1. The Kier molecular flexibility index (Phi) is 3.78. The molecule has 2 aromatic rings. The van der Waals surface area contributed by atoms with Crippen molar-refractivity contribution in [2.45, 2.75) is 31.6 Å². The van der Waals surface area contributed by atoms with E-state index in [0.29, 0.717) is 33.8 Å². The summed E-state index contributed by atoms with van der Waals surface area (Å²) < 4.78 is 31.4. The van der Waals surface area contributed by atoms with Gasteiger partial charge in [-0.3, -0.25) is 0 Å². The molecule has 0 saturated carbocycles. The minimum atomic E-state index is -1.38. The topological polar surface area (TPSA) is 82.7 Å². The smallest absolute Gasteiger partial charge is 0.259 e. The molecule has 3 rings (SSSR count). The molecule has 9 heteroatoms. The van der Waals surface area contributed by atoms with Crippen LogP contribution in [0.15, 0.2) is 21.8 Å². The van der Waals surface area contributed by atoms with Gasteiger partial charge in [0.05, 0.1) is 17.5 Å². The Balaban J connectivity index is 1.84. The number of aromatic nitrogens is 1. The number of rotatable bonds is 3. The molecular formula is C13H15BFN3O3S. The normalized spacial score (nSPS) is 18.1. The second-order valence-corrected chi connectivity index (χ2v) is 7.16. The fourth-order valence-electron chi connectivity index (χ4n) is 2.24. The third-order valence-electron chi connectivity index (χ3n) is 3.41. The Bertz CT molecular complexity index is 749. The van der Waals surface area contributed by atoms with Crippen LogP contribution in [-0.2, 0) is 21.8 Å². The highest BCUT2D eigenvalue weighted by atomic mass is 32.2. The molecule has 1 aliphatic rings. The molecule has 0 aliphatic carbocycles. The fraction of sp³-hybridized carbons (Fsp3) is 0.385. The predicted octanol–water partition coefficient (Wildman–Crippen LogP) is 1.69. The Hall–Kier alpha value is -1.74. The number of hydrogen-bond acceptors (Lipinski definition) is 6. The highest BCUT2D eigenvalue weighted by Crippen LogP contribution is 2.29. The number of oxime groups is 1. The zero-order valence-corrected chi connectivity index (χ0v) is 13.3. The van der Waals surface area contributed by atoms with Gasteiger partial charge >= 0.3 is 0 Å². The molecule has 0 saturated heterocycles. The first-order valence-electron chi connectivity index (χ1n) is 6.78. The summed E-state index contributed by atoms with van der Waals surface area (Å²) in [5.74, 6) is -0.295. The lowest BCUT2D eigenvalue weighted by atomic mass is 10.1. The first kappa shape index (κ1) is 15.2. The van der Waals surface area contributed by atoms with Gasteiger partial charge in [-0.25, -0.2) is 4.39 Å². The molecular weight excluding hydrogens is 308 g/mol. The minimum absolute atomic E-state index is 0.115. The van der Waals surface area contributed by atoms with Crippen molar-refractivity contribution in [3.63, 3.8) is 0 Å². The maximum atomic E-state index is 13.9. The van der Waals surface area contributed by atoms with Gasteiger partial charge in [0.2, 0.25) is 7.98 Å². The minimum Gasteiger partial charge on any atom is -0.610 e. The molecule has 1 atom stereocenters. The van der Waals surface area contributed by atoms with E-state index in [1.165, 1.54) is 12.1 Å². The maximum Gasteiger partial charge on any atom is 0.259 e. The van der Waals surface area contributed by atoms with Gasteiger partial charge in [0, 0.05) is 17.2 Å². The second-order valence-electron chi connectivity index (χ2n) is 5.71. The molecule has 1 N–H and O–H groups in total. The molecule has 22 heavy (non-hydrogen) atoms. The van der Waals surface area contributed by atoms with E-state index in [1.807, 2.05) is 13.8 Å². The van der Waals surface area contributed by atoms with E-state index >= 15 is 0 Å². The molecule has 0 bridgehead atoms. The Morgan fingerprint density at radius 2 is 2.27 bits per heavy atom. The molecule has 0 radical (unpaired) electrons. The average Bonchev–Trinajstić information content (AvgIpc) is 3.01. The molecule has 116 valence electrons. The Morgan fingerprint density at radius 3 is 2.91 bits per heavy atom. The van der Waals surface area contributed by atoms with Gasteiger partial charge < -0.3 is 19.1 Å². The van der Waals surface area contributed by atoms with Crippen LogP contribution in [0.2, 0.25) is 0 Å². The van der Waals surface area contributed by atoms with Crippen molar-refractivity contribution in [3.05, 3.63) is 23.6 Å². The number of hydrogen-bond donors (Lipinski definition) is 1. The quantitative estimate of drug-likeness (QED) is 0.686. The summed E-state index contributed by atoms with van der Waals surface area (Å²) in [7, 11) is 1.62. The summed E-state index contributed by atoms with van der Waals surface area (Å²) in [5.41, 5.74) is 0.779. The Morgan fingerprint density at radius 1 is 1.50 bits per heavy atom. The third kappa shape index (κ3) is 2.78. The molecule has 2 heterocycles. The highest BCUT2D eigenvalue weighted by molar-refractivity contribution is 8.05. The lowest BCUT2D eigenvalue weighted by Gasteiger charge is -2.13. The summed E-state index contributed by atoms with van der Waals surface area (Å²) >= 11 is -1.38. The number of nitrogens with zero attached hydrogens (tertiary/aromatic N) is 2. The van der Waals surface area contributed by atoms with Crippen molar-refractivity contribution in [2.24, 2.45) is 5.16 Å². The summed E-state index contributed by atoms with van der Waals surface area (Å²) in [6, 6.07) is 2.87. The van der Waals surface area contributed by atoms with Crippen LogP contribution in [0.4, 0.5) is 10.1 Å². The first-order chi connectivity index (χ1) is 10.4. The standard InChI is InChI=1S/C13H15BFN3O3S/c1-13(2)5-12(18-21-13)22(19)6-10-7-3-8(15)9(16-14)4-11(7)20-17-10/h3-4,16H,5-6,14H2,1-2H3. The zero-order valence-electron chi connectivity index (χ0n) is 12.5.